The molecule has 120 valence electrons. The van der Waals surface area contributed by atoms with Crippen molar-refractivity contribution in [1.82, 2.24) is 0 Å². The molecule has 0 saturated carbocycles. The molecule has 2 heteroatoms. The van der Waals surface area contributed by atoms with E-state index in [2.05, 4.69) is 92.8 Å². The summed E-state index contributed by atoms with van der Waals surface area (Å²) in [6.45, 7) is 2.13. The second kappa shape index (κ2) is 6.91. The van der Waals surface area contributed by atoms with Gasteiger partial charge >= 0.3 is 0 Å². The van der Waals surface area contributed by atoms with Crippen LogP contribution < -0.4 is 28.9 Å². The van der Waals surface area contributed by atoms with Gasteiger partial charge in [0, 0.05) is 28.8 Å². The standard InChI is InChI=1S/C22H19N.HI/c1-16-11-13-17(14-12-16)15-20-18-7-3-5-9-21(18)23(2)22-10-6-4-8-19(20)22;/h3-15H,1-2H3;1H. The molecule has 0 radical (unpaired) electrons. The van der Waals surface area contributed by atoms with E-state index in [0.29, 0.717) is 0 Å². The number of quaternary nitrogens is 1. The highest BCUT2D eigenvalue weighted by atomic mass is 127. The first-order valence-corrected chi connectivity index (χ1v) is 8.05. The first-order chi connectivity index (χ1) is 11.2. The van der Waals surface area contributed by atoms with Gasteiger partial charge in [0.25, 0.3) is 0 Å². The monoisotopic (exact) mass is 425 g/mol. The maximum atomic E-state index is 2.31. The van der Waals surface area contributed by atoms with Crippen LogP contribution in [0, 0.1) is 6.92 Å². The van der Waals surface area contributed by atoms with E-state index in [1.165, 1.54) is 44.1 Å². The third-order valence-electron chi connectivity index (χ3n) is 4.63. The zero-order valence-electron chi connectivity index (χ0n) is 13.9. The molecule has 3 aromatic carbocycles. The number of hydrogen-bond donors (Lipinski definition) is 1. The van der Waals surface area contributed by atoms with Gasteiger partial charge in [-0.05, 0) is 30.7 Å². The number of aryl methyl sites for hydroxylation is 1. The Morgan fingerprint density at radius 1 is 0.708 bits per heavy atom. The van der Waals surface area contributed by atoms with Crippen LogP contribution >= 0.6 is 0 Å². The number of rotatable bonds is 1. The Morgan fingerprint density at radius 2 is 1.21 bits per heavy atom. The van der Waals surface area contributed by atoms with Gasteiger partial charge in [-0.3, -0.25) is 4.90 Å². The van der Waals surface area contributed by atoms with Crippen LogP contribution in [0.15, 0.2) is 72.8 Å². The molecule has 1 aliphatic heterocycles. The van der Waals surface area contributed by atoms with Gasteiger partial charge in [0.15, 0.2) is 0 Å². The maximum absolute atomic E-state index is 2.31. The minimum absolute atomic E-state index is 0. The van der Waals surface area contributed by atoms with Gasteiger partial charge < -0.3 is 24.0 Å². The number of nitrogens with one attached hydrogen (secondary N) is 1. The smallest absolute Gasteiger partial charge is 0.143 e. The van der Waals surface area contributed by atoms with E-state index >= 15 is 0 Å². The SMILES string of the molecule is Cc1ccc(C=C2c3ccccc3[NH+](C)c3ccccc32)cc1.[I-]. The number of benzene rings is 3. The van der Waals surface area contributed by atoms with Crippen LogP contribution in [0.2, 0.25) is 0 Å². The molecule has 0 spiro atoms. The van der Waals surface area contributed by atoms with Crippen molar-refractivity contribution in [3.05, 3.63) is 95.1 Å². The third kappa shape index (κ3) is 2.92. The molecule has 0 atom stereocenters. The average molecular weight is 425 g/mol. The normalized spacial score (nSPS) is 15.1. The highest BCUT2D eigenvalue weighted by Crippen LogP contribution is 2.36. The van der Waals surface area contributed by atoms with E-state index < -0.39 is 0 Å². The summed E-state index contributed by atoms with van der Waals surface area (Å²) in [7, 11) is 2.22. The Balaban J connectivity index is 0.00000169. The molecule has 0 aromatic heterocycles. The molecule has 0 bridgehead atoms. The van der Waals surface area contributed by atoms with E-state index in [1.54, 1.807) is 0 Å². The number of halogens is 1. The van der Waals surface area contributed by atoms with Crippen LogP contribution in [-0.4, -0.2) is 7.05 Å². The van der Waals surface area contributed by atoms with Crippen LogP contribution in [0.25, 0.3) is 11.6 Å². The zero-order chi connectivity index (χ0) is 15.8. The summed E-state index contributed by atoms with van der Waals surface area (Å²) in [5.74, 6) is 0. The molecular weight excluding hydrogens is 405 g/mol. The van der Waals surface area contributed by atoms with Crippen LogP contribution in [0.5, 0.6) is 0 Å². The summed E-state index contributed by atoms with van der Waals surface area (Å²) in [5.41, 5.74) is 9.17. The first-order valence-electron chi connectivity index (χ1n) is 8.05. The van der Waals surface area contributed by atoms with E-state index in [4.69, 9.17) is 0 Å². The number of fused-ring (bicyclic) bond motifs is 2. The molecule has 4 rings (SSSR count). The van der Waals surface area contributed by atoms with Crippen molar-refractivity contribution in [2.75, 3.05) is 7.05 Å². The summed E-state index contributed by atoms with van der Waals surface area (Å²) < 4.78 is 0. The summed E-state index contributed by atoms with van der Waals surface area (Å²) in [4.78, 5) is 1.36. The van der Waals surface area contributed by atoms with E-state index in [-0.39, 0.29) is 24.0 Å². The summed E-state index contributed by atoms with van der Waals surface area (Å²) >= 11 is 0. The quantitative estimate of drug-likeness (QED) is 0.563. The van der Waals surface area contributed by atoms with Crippen molar-refractivity contribution in [3.63, 3.8) is 0 Å². The van der Waals surface area contributed by atoms with Gasteiger partial charge in [-0.1, -0.05) is 54.1 Å². The molecule has 0 amide bonds. The fraction of sp³-hybridized carbons (Fsp3) is 0.0909. The van der Waals surface area contributed by atoms with Crippen molar-refractivity contribution < 1.29 is 28.9 Å². The second-order valence-corrected chi connectivity index (χ2v) is 6.18. The van der Waals surface area contributed by atoms with E-state index in [9.17, 15) is 0 Å². The summed E-state index contributed by atoms with van der Waals surface area (Å²) in [5, 5.41) is 0. The lowest BCUT2D eigenvalue weighted by molar-refractivity contribution is -0.736. The van der Waals surface area contributed by atoms with Crippen molar-refractivity contribution in [3.8, 4) is 0 Å². The molecular formula is C22H20IN. The Hall–Kier alpha value is -1.91. The number of hydrogen-bond acceptors (Lipinski definition) is 0. The minimum atomic E-state index is 0. The first kappa shape index (κ1) is 16.9. The topological polar surface area (TPSA) is 4.44 Å². The summed E-state index contributed by atoms with van der Waals surface area (Å²) in [6.07, 6.45) is 2.31. The fourth-order valence-corrected chi connectivity index (χ4v) is 3.36. The van der Waals surface area contributed by atoms with Gasteiger partial charge in [-0.25, -0.2) is 0 Å². The van der Waals surface area contributed by atoms with Gasteiger partial charge in [0.1, 0.15) is 11.4 Å². The predicted octanol–water partition coefficient (Wildman–Crippen LogP) is 1.38. The fourth-order valence-electron chi connectivity index (χ4n) is 3.36. The molecule has 0 unspecified atom stereocenters. The lowest BCUT2D eigenvalue weighted by Gasteiger charge is -2.26. The van der Waals surface area contributed by atoms with Gasteiger partial charge in [-0.15, -0.1) is 0 Å². The Morgan fingerprint density at radius 3 is 1.75 bits per heavy atom. The lowest BCUT2D eigenvalue weighted by Crippen LogP contribution is -3.00. The van der Waals surface area contributed by atoms with Gasteiger partial charge in [0.2, 0.25) is 0 Å². The van der Waals surface area contributed by atoms with E-state index in [1.807, 2.05) is 0 Å². The van der Waals surface area contributed by atoms with Crippen LogP contribution in [-0.2, 0) is 0 Å². The molecule has 1 aliphatic rings. The highest BCUT2D eigenvalue weighted by molar-refractivity contribution is 5.98. The largest absolute Gasteiger partial charge is 1.00 e. The van der Waals surface area contributed by atoms with Crippen molar-refractivity contribution in [2.24, 2.45) is 0 Å². The Kier molecular flexibility index (Phi) is 4.88. The molecule has 24 heavy (non-hydrogen) atoms. The van der Waals surface area contributed by atoms with E-state index in [0.717, 1.165) is 0 Å². The lowest BCUT2D eigenvalue weighted by atomic mass is 9.89. The predicted molar refractivity (Wildman–Crippen MR) is 97.2 cm³/mol. The van der Waals surface area contributed by atoms with Crippen LogP contribution in [0.3, 0.4) is 0 Å². The van der Waals surface area contributed by atoms with Crippen LogP contribution in [0.1, 0.15) is 22.3 Å². The Bertz CT molecular complexity index is 844. The number of para-hydroxylation sites is 2. The van der Waals surface area contributed by atoms with Crippen molar-refractivity contribution >= 4 is 23.0 Å². The van der Waals surface area contributed by atoms with Gasteiger partial charge in [-0.2, -0.15) is 0 Å². The molecule has 0 fully saturated rings. The Labute approximate surface area is 160 Å². The minimum Gasteiger partial charge on any atom is -1.00 e. The van der Waals surface area contributed by atoms with Gasteiger partial charge in [0.05, 0.1) is 7.05 Å². The average Bonchev–Trinajstić information content (AvgIpc) is 2.60. The van der Waals surface area contributed by atoms with Crippen molar-refractivity contribution in [2.45, 2.75) is 6.92 Å². The molecule has 1 heterocycles. The summed E-state index contributed by atoms with van der Waals surface area (Å²) in [6, 6.07) is 26.1. The zero-order valence-corrected chi connectivity index (χ0v) is 16.0. The molecule has 1 N–H and O–H groups in total. The van der Waals surface area contributed by atoms with Crippen molar-refractivity contribution in [1.29, 1.82) is 0 Å². The molecule has 1 nitrogen and oxygen atoms in total. The maximum Gasteiger partial charge on any atom is 0.143 e. The molecule has 0 saturated heterocycles. The molecule has 3 aromatic rings. The second-order valence-electron chi connectivity index (χ2n) is 6.18. The van der Waals surface area contributed by atoms with Crippen LogP contribution in [0.4, 0.5) is 11.4 Å². The third-order valence-corrected chi connectivity index (χ3v) is 4.63. The highest BCUT2D eigenvalue weighted by Gasteiger charge is 2.27. The molecule has 0 aliphatic carbocycles.